The van der Waals surface area contributed by atoms with Gasteiger partial charge in [-0.1, -0.05) is 55.1 Å². The van der Waals surface area contributed by atoms with Gasteiger partial charge in [0.15, 0.2) is 5.78 Å². The Morgan fingerprint density at radius 2 is 1.88 bits per heavy atom. The summed E-state index contributed by atoms with van der Waals surface area (Å²) in [7, 11) is -3.76. The van der Waals surface area contributed by atoms with Crippen molar-refractivity contribution in [3.63, 3.8) is 0 Å². The van der Waals surface area contributed by atoms with Gasteiger partial charge in [0.2, 0.25) is 0 Å². The lowest BCUT2D eigenvalue weighted by molar-refractivity contribution is -0.384. The van der Waals surface area contributed by atoms with E-state index < -0.39 is 18.6 Å². The number of ketones is 1. The van der Waals surface area contributed by atoms with Gasteiger partial charge in [0.1, 0.15) is 5.75 Å². The Morgan fingerprint density at radius 3 is 2.50 bits per heavy atom. The number of nitro benzene ring substituents is 1. The van der Waals surface area contributed by atoms with E-state index >= 15 is 0 Å². The second kappa shape index (κ2) is 10.4. The number of rotatable bonds is 10. The molecule has 32 heavy (non-hydrogen) atoms. The van der Waals surface area contributed by atoms with Crippen molar-refractivity contribution in [2.24, 2.45) is 0 Å². The zero-order valence-corrected chi connectivity index (χ0v) is 18.6. The first-order valence-electron chi connectivity index (χ1n) is 10.1. The molecule has 0 aliphatic heterocycles. The third-order valence-corrected chi connectivity index (χ3v) is 6.88. The molecule has 0 saturated carbocycles. The molecule has 0 unspecified atom stereocenters. The molecule has 0 spiro atoms. The molecular formula is C24H24NO6P. The van der Waals surface area contributed by atoms with Crippen LogP contribution in [0.15, 0.2) is 90.6 Å². The minimum atomic E-state index is -3.76. The Kier molecular flexibility index (Phi) is 7.57. The zero-order valence-electron chi connectivity index (χ0n) is 17.7. The van der Waals surface area contributed by atoms with Crippen molar-refractivity contribution in [3.8, 4) is 5.75 Å². The highest BCUT2D eigenvalue weighted by molar-refractivity contribution is 7.53. The average Bonchev–Trinajstić information content (AvgIpc) is 3.01. The number of nitrogens with zero attached hydrogens (tertiary/aromatic N) is 1. The quantitative estimate of drug-likeness (QED) is 0.185. The SMILES string of the molecule is C=C/C=C/CC1=C(C)[C@@H](O[P@@](=O)(Cc2ccccc2)Oc2ccc([N+](=O)[O-])cc2)CC1=O. The van der Waals surface area contributed by atoms with E-state index in [1.54, 1.807) is 19.1 Å². The lowest BCUT2D eigenvalue weighted by Gasteiger charge is -2.23. The summed E-state index contributed by atoms with van der Waals surface area (Å²) in [5, 5.41) is 10.9. The first-order chi connectivity index (χ1) is 15.3. The van der Waals surface area contributed by atoms with Crippen LogP contribution in [0.4, 0.5) is 5.69 Å². The van der Waals surface area contributed by atoms with Crippen molar-refractivity contribution in [3.05, 3.63) is 106 Å². The Morgan fingerprint density at radius 1 is 1.19 bits per heavy atom. The summed E-state index contributed by atoms with van der Waals surface area (Å²) in [6.45, 7) is 5.41. The zero-order chi connectivity index (χ0) is 23.1. The van der Waals surface area contributed by atoms with E-state index in [0.717, 1.165) is 11.1 Å². The van der Waals surface area contributed by atoms with E-state index in [0.29, 0.717) is 12.0 Å². The van der Waals surface area contributed by atoms with E-state index in [2.05, 4.69) is 6.58 Å². The summed E-state index contributed by atoms with van der Waals surface area (Å²) in [6.07, 6.45) is 5.10. The van der Waals surface area contributed by atoms with E-state index in [-0.39, 0.29) is 29.8 Å². The van der Waals surface area contributed by atoms with Crippen LogP contribution >= 0.6 is 7.60 Å². The number of allylic oxidation sites excluding steroid dienone is 4. The number of benzene rings is 2. The van der Waals surface area contributed by atoms with Crippen molar-refractivity contribution >= 4 is 19.1 Å². The molecule has 0 heterocycles. The standard InChI is InChI=1S/C24H24NO6P/c1-3-4-6-11-22-18(2)24(16-23(22)26)31-32(29,17-19-9-7-5-8-10-19)30-21-14-12-20(13-15-21)25(27)28/h3-10,12-15,24H,1,11,16-17H2,2H3/b6-4+/t24-,32+/m0/s1. The molecule has 0 saturated heterocycles. The number of hydrogen-bond acceptors (Lipinski definition) is 6. The molecule has 7 nitrogen and oxygen atoms in total. The highest BCUT2D eigenvalue weighted by Crippen LogP contribution is 2.54. The van der Waals surface area contributed by atoms with Gasteiger partial charge in [-0.15, -0.1) is 0 Å². The number of hydrogen-bond donors (Lipinski definition) is 0. The maximum atomic E-state index is 13.8. The van der Waals surface area contributed by atoms with Crippen LogP contribution in [-0.4, -0.2) is 16.8 Å². The molecule has 2 aromatic carbocycles. The van der Waals surface area contributed by atoms with Gasteiger partial charge < -0.3 is 4.52 Å². The average molecular weight is 453 g/mol. The fraction of sp³-hybridized carbons (Fsp3) is 0.208. The summed E-state index contributed by atoms with van der Waals surface area (Å²) >= 11 is 0. The van der Waals surface area contributed by atoms with Crippen LogP contribution < -0.4 is 4.52 Å². The lowest BCUT2D eigenvalue weighted by atomic mass is 10.1. The molecule has 0 amide bonds. The molecule has 0 aromatic heterocycles. The summed E-state index contributed by atoms with van der Waals surface area (Å²) in [5.74, 6) is 0.137. The van der Waals surface area contributed by atoms with Gasteiger partial charge in [0.05, 0.1) is 17.2 Å². The van der Waals surface area contributed by atoms with Gasteiger partial charge in [0.25, 0.3) is 5.69 Å². The van der Waals surface area contributed by atoms with Gasteiger partial charge >= 0.3 is 7.60 Å². The molecule has 1 aliphatic rings. The first-order valence-corrected chi connectivity index (χ1v) is 11.8. The fourth-order valence-electron chi connectivity index (χ4n) is 3.41. The normalized spacial score (nSPS) is 18.0. The highest BCUT2D eigenvalue weighted by Gasteiger charge is 2.37. The topological polar surface area (TPSA) is 95.7 Å². The second-order valence-electron chi connectivity index (χ2n) is 7.35. The maximum Gasteiger partial charge on any atom is 0.384 e. The Labute approximate surface area is 186 Å². The molecule has 1 aliphatic carbocycles. The van der Waals surface area contributed by atoms with Crippen LogP contribution in [0.3, 0.4) is 0 Å². The fourth-order valence-corrected chi connectivity index (χ4v) is 5.32. The van der Waals surface area contributed by atoms with Crippen molar-refractivity contribution < 1.29 is 23.3 Å². The summed E-state index contributed by atoms with van der Waals surface area (Å²) in [6, 6.07) is 14.4. The third-order valence-electron chi connectivity index (χ3n) is 5.06. The highest BCUT2D eigenvalue weighted by atomic mass is 31.2. The van der Waals surface area contributed by atoms with Crippen LogP contribution in [0.2, 0.25) is 0 Å². The van der Waals surface area contributed by atoms with Gasteiger partial charge in [0, 0.05) is 24.1 Å². The van der Waals surface area contributed by atoms with E-state index in [1.165, 1.54) is 24.3 Å². The summed E-state index contributed by atoms with van der Waals surface area (Å²) < 4.78 is 25.6. The molecule has 166 valence electrons. The van der Waals surface area contributed by atoms with Crippen LogP contribution in [0.25, 0.3) is 0 Å². The number of carbonyl (C=O) groups excluding carboxylic acids is 1. The molecule has 3 rings (SSSR count). The molecular weight excluding hydrogens is 429 g/mol. The predicted octanol–water partition coefficient (Wildman–Crippen LogP) is 6.17. The Bertz CT molecular complexity index is 1110. The van der Waals surface area contributed by atoms with Crippen LogP contribution in [0.1, 0.15) is 25.3 Å². The Hall–Kier alpha value is -3.28. The molecule has 8 heteroatoms. The van der Waals surface area contributed by atoms with Crippen molar-refractivity contribution in [2.75, 3.05) is 0 Å². The molecule has 0 N–H and O–H groups in total. The van der Waals surface area contributed by atoms with Crippen LogP contribution in [0, 0.1) is 10.1 Å². The maximum absolute atomic E-state index is 13.8. The number of carbonyl (C=O) groups is 1. The molecule has 0 fully saturated rings. The van der Waals surface area contributed by atoms with Crippen LogP contribution in [-0.2, 0) is 20.0 Å². The molecule has 2 aromatic rings. The van der Waals surface area contributed by atoms with Gasteiger partial charge in [-0.2, -0.15) is 0 Å². The largest absolute Gasteiger partial charge is 0.424 e. The smallest absolute Gasteiger partial charge is 0.384 e. The third kappa shape index (κ3) is 5.90. The minimum Gasteiger partial charge on any atom is -0.424 e. The van der Waals surface area contributed by atoms with Crippen LogP contribution in [0.5, 0.6) is 5.75 Å². The van der Waals surface area contributed by atoms with E-state index in [4.69, 9.17) is 9.05 Å². The van der Waals surface area contributed by atoms with E-state index in [9.17, 15) is 19.5 Å². The summed E-state index contributed by atoms with van der Waals surface area (Å²) in [4.78, 5) is 22.9. The number of non-ortho nitro benzene ring substituents is 1. The predicted molar refractivity (Wildman–Crippen MR) is 123 cm³/mol. The van der Waals surface area contributed by atoms with Crippen molar-refractivity contribution in [1.82, 2.24) is 0 Å². The number of nitro groups is 1. The first kappa shape index (κ1) is 23.4. The van der Waals surface area contributed by atoms with Crippen molar-refractivity contribution in [2.45, 2.75) is 32.0 Å². The van der Waals surface area contributed by atoms with Gasteiger partial charge in [-0.3, -0.25) is 19.4 Å². The van der Waals surface area contributed by atoms with Crippen molar-refractivity contribution in [1.29, 1.82) is 0 Å². The monoisotopic (exact) mass is 453 g/mol. The lowest BCUT2D eigenvalue weighted by Crippen LogP contribution is -2.14. The molecule has 2 atom stereocenters. The summed E-state index contributed by atoms with van der Waals surface area (Å²) in [5.41, 5.74) is 2.00. The van der Waals surface area contributed by atoms with Gasteiger partial charge in [-0.25, -0.2) is 4.57 Å². The second-order valence-corrected chi connectivity index (χ2v) is 9.28. The van der Waals surface area contributed by atoms with Gasteiger partial charge in [-0.05, 0) is 36.6 Å². The van der Waals surface area contributed by atoms with E-state index in [1.807, 2.05) is 36.4 Å². The number of Topliss-reactive ketones (excluding diaryl/α,β-unsaturated/α-hetero) is 1. The minimum absolute atomic E-state index is 0.00546. The Balaban J connectivity index is 1.86. The molecule has 0 radical (unpaired) electrons. The molecule has 0 bridgehead atoms.